The van der Waals surface area contributed by atoms with Gasteiger partial charge in [0.15, 0.2) is 5.96 Å². The molecule has 2 atom stereocenters. The summed E-state index contributed by atoms with van der Waals surface area (Å²) in [6.45, 7) is 7.81. The van der Waals surface area contributed by atoms with Gasteiger partial charge in [0.2, 0.25) is 0 Å². The van der Waals surface area contributed by atoms with Gasteiger partial charge in [0.05, 0.1) is 25.9 Å². The van der Waals surface area contributed by atoms with Crippen LogP contribution in [0.4, 0.5) is 0 Å². The fourth-order valence-electron chi connectivity index (χ4n) is 2.28. The van der Waals surface area contributed by atoms with E-state index in [0.29, 0.717) is 19.8 Å². The number of ether oxygens (including phenoxy) is 2. The number of guanidine groups is 1. The summed E-state index contributed by atoms with van der Waals surface area (Å²) in [6, 6.07) is 8.41. The SMILES string of the molecule is CCNC(=NCc1ccc(Br)cc1)NC(C)COC1CCOC1.I. The van der Waals surface area contributed by atoms with Crippen molar-refractivity contribution in [2.75, 3.05) is 26.4 Å². The van der Waals surface area contributed by atoms with Gasteiger partial charge in [-0.2, -0.15) is 0 Å². The molecular formula is C17H27BrIN3O2. The van der Waals surface area contributed by atoms with Gasteiger partial charge in [0.1, 0.15) is 0 Å². The molecule has 0 amide bonds. The van der Waals surface area contributed by atoms with E-state index in [9.17, 15) is 0 Å². The first-order valence-electron chi connectivity index (χ1n) is 8.16. The van der Waals surface area contributed by atoms with Crippen LogP contribution in [0, 0.1) is 0 Å². The van der Waals surface area contributed by atoms with E-state index in [1.807, 2.05) is 12.1 Å². The van der Waals surface area contributed by atoms with Crippen LogP contribution in [0.1, 0.15) is 25.8 Å². The van der Waals surface area contributed by atoms with Crippen LogP contribution in [0.2, 0.25) is 0 Å². The molecule has 1 aromatic carbocycles. The summed E-state index contributed by atoms with van der Waals surface area (Å²) in [5.41, 5.74) is 1.18. The van der Waals surface area contributed by atoms with Gasteiger partial charge in [-0.1, -0.05) is 28.1 Å². The highest BCUT2D eigenvalue weighted by atomic mass is 127. The molecule has 5 nitrogen and oxygen atoms in total. The maximum absolute atomic E-state index is 5.84. The Balaban J connectivity index is 0.00000288. The third kappa shape index (κ3) is 8.13. The van der Waals surface area contributed by atoms with E-state index < -0.39 is 0 Å². The van der Waals surface area contributed by atoms with Gasteiger partial charge in [-0.15, -0.1) is 24.0 Å². The Labute approximate surface area is 170 Å². The van der Waals surface area contributed by atoms with Gasteiger partial charge in [0.25, 0.3) is 0 Å². The quantitative estimate of drug-likeness (QED) is 0.335. The van der Waals surface area contributed by atoms with Crippen molar-refractivity contribution in [3.05, 3.63) is 34.3 Å². The van der Waals surface area contributed by atoms with Crippen molar-refractivity contribution in [3.63, 3.8) is 0 Å². The van der Waals surface area contributed by atoms with Crippen LogP contribution in [-0.4, -0.2) is 44.5 Å². The zero-order valence-corrected chi connectivity index (χ0v) is 18.2. The second kappa shape index (κ2) is 12.1. The van der Waals surface area contributed by atoms with E-state index >= 15 is 0 Å². The van der Waals surface area contributed by atoms with Crippen molar-refractivity contribution in [2.24, 2.45) is 4.99 Å². The fraction of sp³-hybridized carbons (Fsp3) is 0.588. The Kier molecular flexibility index (Phi) is 10.9. The minimum Gasteiger partial charge on any atom is -0.379 e. The Bertz CT molecular complexity index is 493. The topological polar surface area (TPSA) is 54.9 Å². The average molecular weight is 512 g/mol. The highest BCUT2D eigenvalue weighted by Gasteiger charge is 2.17. The summed E-state index contributed by atoms with van der Waals surface area (Å²) in [5, 5.41) is 6.66. The molecule has 0 aromatic heterocycles. The van der Waals surface area contributed by atoms with E-state index in [1.54, 1.807) is 0 Å². The predicted octanol–water partition coefficient (Wildman–Crippen LogP) is 3.32. The molecule has 1 aromatic rings. The standard InChI is InChI=1S/C17H26BrN3O2.HI/c1-3-19-17(20-10-14-4-6-15(18)7-5-14)21-13(2)11-23-16-8-9-22-12-16;/h4-7,13,16H,3,8-12H2,1-2H3,(H2,19,20,21);1H. The van der Waals surface area contributed by atoms with Gasteiger partial charge >= 0.3 is 0 Å². The first kappa shape index (κ1) is 21.7. The molecule has 7 heteroatoms. The van der Waals surface area contributed by atoms with Gasteiger partial charge in [-0.25, -0.2) is 4.99 Å². The number of nitrogens with one attached hydrogen (secondary N) is 2. The minimum absolute atomic E-state index is 0. The average Bonchev–Trinajstić information content (AvgIpc) is 3.06. The molecule has 0 spiro atoms. The zero-order valence-electron chi connectivity index (χ0n) is 14.3. The third-order valence-corrected chi connectivity index (χ3v) is 4.06. The van der Waals surface area contributed by atoms with Gasteiger partial charge in [-0.05, 0) is 38.0 Å². The minimum atomic E-state index is 0. The lowest BCUT2D eigenvalue weighted by Crippen LogP contribution is -2.44. The third-order valence-electron chi connectivity index (χ3n) is 3.53. The lowest BCUT2D eigenvalue weighted by molar-refractivity contribution is 0.0347. The summed E-state index contributed by atoms with van der Waals surface area (Å²) in [6.07, 6.45) is 1.23. The number of rotatable bonds is 7. The highest BCUT2D eigenvalue weighted by Crippen LogP contribution is 2.11. The maximum Gasteiger partial charge on any atom is 0.191 e. The lowest BCUT2D eigenvalue weighted by Gasteiger charge is -2.19. The Morgan fingerprint density at radius 1 is 1.42 bits per heavy atom. The van der Waals surface area contributed by atoms with Gasteiger partial charge in [-0.3, -0.25) is 0 Å². The molecule has 2 N–H and O–H groups in total. The van der Waals surface area contributed by atoms with Gasteiger partial charge < -0.3 is 20.1 Å². The monoisotopic (exact) mass is 511 g/mol. The summed E-state index contributed by atoms with van der Waals surface area (Å²) in [7, 11) is 0. The van der Waals surface area contributed by atoms with E-state index in [-0.39, 0.29) is 36.1 Å². The molecule has 0 aliphatic carbocycles. The first-order valence-corrected chi connectivity index (χ1v) is 8.95. The molecule has 0 saturated carbocycles. The van der Waals surface area contributed by atoms with Crippen molar-refractivity contribution in [3.8, 4) is 0 Å². The molecule has 2 unspecified atom stereocenters. The largest absolute Gasteiger partial charge is 0.379 e. The fourth-order valence-corrected chi connectivity index (χ4v) is 2.54. The molecule has 0 radical (unpaired) electrons. The number of halogens is 2. The maximum atomic E-state index is 5.84. The van der Waals surface area contributed by atoms with Crippen LogP contribution < -0.4 is 10.6 Å². The number of hydrogen-bond acceptors (Lipinski definition) is 3. The van der Waals surface area contributed by atoms with Crippen molar-refractivity contribution >= 4 is 45.9 Å². The number of aliphatic imine (C=N–C) groups is 1. The van der Waals surface area contributed by atoms with Crippen molar-refractivity contribution in [2.45, 2.75) is 39.0 Å². The Hall–Kier alpha value is -0.380. The van der Waals surface area contributed by atoms with Crippen molar-refractivity contribution < 1.29 is 9.47 Å². The summed E-state index contributed by atoms with van der Waals surface area (Å²) in [5.74, 6) is 0.814. The molecule has 1 heterocycles. The molecule has 1 fully saturated rings. The number of hydrogen-bond donors (Lipinski definition) is 2. The van der Waals surface area contributed by atoms with Crippen molar-refractivity contribution in [1.82, 2.24) is 10.6 Å². The second-order valence-corrected chi connectivity index (χ2v) is 6.60. The van der Waals surface area contributed by atoms with Gasteiger partial charge in [0, 0.05) is 23.7 Å². The molecule has 1 saturated heterocycles. The van der Waals surface area contributed by atoms with Crippen LogP contribution in [-0.2, 0) is 16.0 Å². The van der Waals surface area contributed by atoms with E-state index in [1.165, 1.54) is 5.56 Å². The second-order valence-electron chi connectivity index (χ2n) is 5.69. The smallest absolute Gasteiger partial charge is 0.191 e. The summed E-state index contributed by atoms with van der Waals surface area (Å²) >= 11 is 3.44. The molecule has 0 bridgehead atoms. The number of nitrogens with zero attached hydrogens (tertiary/aromatic N) is 1. The molecular weight excluding hydrogens is 485 g/mol. The highest BCUT2D eigenvalue weighted by molar-refractivity contribution is 14.0. The summed E-state index contributed by atoms with van der Waals surface area (Å²) < 4.78 is 12.2. The molecule has 24 heavy (non-hydrogen) atoms. The molecule has 2 rings (SSSR count). The number of benzene rings is 1. The van der Waals surface area contributed by atoms with E-state index in [0.717, 1.165) is 30.0 Å². The van der Waals surface area contributed by atoms with Crippen LogP contribution in [0.25, 0.3) is 0 Å². The molecule has 1 aliphatic heterocycles. The van der Waals surface area contributed by atoms with E-state index in [2.05, 4.69) is 57.5 Å². The van der Waals surface area contributed by atoms with E-state index in [4.69, 9.17) is 9.47 Å². The Morgan fingerprint density at radius 2 is 2.17 bits per heavy atom. The van der Waals surface area contributed by atoms with Crippen LogP contribution in [0.5, 0.6) is 0 Å². The first-order chi connectivity index (χ1) is 11.2. The zero-order chi connectivity index (χ0) is 16.5. The van der Waals surface area contributed by atoms with Crippen LogP contribution in [0.3, 0.4) is 0 Å². The summed E-state index contributed by atoms with van der Waals surface area (Å²) in [4.78, 5) is 4.63. The van der Waals surface area contributed by atoms with Crippen molar-refractivity contribution in [1.29, 1.82) is 0 Å². The Morgan fingerprint density at radius 3 is 2.79 bits per heavy atom. The molecule has 136 valence electrons. The van der Waals surface area contributed by atoms with Crippen LogP contribution >= 0.6 is 39.9 Å². The normalized spacial score (nSPS) is 18.8. The van der Waals surface area contributed by atoms with Crippen LogP contribution in [0.15, 0.2) is 33.7 Å². The lowest BCUT2D eigenvalue weighted by atomic mass is 10.2. The predicted molar refractivity (Wildman–Crippen MR) is 112 cm³/mol. The molecule has 1 aliphatic rings.